The van der Waals surface area contributed by atoms with E-state index in [1.807, 2.05) is 12.1 Å². The molecule has 0 amide bonds. The Kier molecular flexibility index (Phi) is 5.06. The van der Waals surface area contributed by atoms with Crippen molar-refractivity contribution in [2.24, 2.45) is 0 Å². The second kappa shape index (κ2) is 7.98. The number of allylic oxidation sites excluding steroid dienone is 1. The molecule has 1 aliphatic rings. The molecular formula is C22H16FN7. The Hall–Kier alpha value is -4.30. The molecule has 1 aliphatic carbocycles. The van der Waals surface area contributed by atoms with Gasteiger partial charge in [0, 0.05) is 30.4 Å². The summed E-state index contributed by atoms with van der Waals surface area (Å²) in [6.45, 7) is 0.271. The zero-order valence-corrected chi connectivity index (χ0v) is 15.9. The molecule has 2 aromatic heterocycles. The zero-order chi connectivity index (χ0) is 21.1. The van der Waals surface area contributed by atoms with Crippen molar-refractivity contribution in [3.63, 3.8) is 0 Å². The third-order valence-corrected chi connectivity index (χ3v) is 4.89. The lowest BCUT2D eigenvalue weighted by Gasteiger charge is -2.20. The van der Waals surface area contributed by atoms with E-state index in [1.165, 1.54) is 12.4 Å². The number of rotatable bonds is 4. The number of fused-ring (bicyclic) bond motifs is 1. The van der Waals surface area contributed by atoms with Crippen molar-refractivity contribution in [1.29, 1.82) is 10.5 Å². The van der Waals surface area contributed by atoms with Gasteiger partial charge in [0.2, 0.25) is 0 Å². The standard InChI is InChI=1S/C22H16FN7/c23-16-4-5-19-17(7-16)20(14-3-1-2-13(6-14)8-24)15(10-27-19)11-28-22-18(9-25)21(26)29-12-30-22/h1-3,6-7,10,12H,4-5,11H2,(H3,26,28,29,30). The van der Waals surface area contributed by atoms with E-state index >= 15 is 0 Å². The molecule has 2 heterocycles. The molecule has 146 valence electrons. The number of nitrogens with two attached hydrogens (primary N) is 1. The molecule has 4 rings (SSSR count). The molecule has 8 heteroatoms. The average molecular weight is 397 g/mol. The molecule has 0 saturated heterocycles. The van der Waals surface area contributed by atoms with Crippen LogP contribution in [0.25, 0.3) is 17.2 Å². The summed E-state index contributed by atoms with van der Waals surface area (Å²) in [6.07, 6.45) is 5.35. The van der Waals surface area contributed by atoms with E-state index in [4.69, 9.17) is 5.73 Å². The fourth-order valence-electron chi connectivity index (χ4n) is 3.47. The van der Waals surface area contributed by atoms with E-state index in [9.17, 15) is 14.9 Å². The number of aryl methyl sites for hydroxylation is 1. The number of pyridine rings is 1. The maximum atomic E-state index is 14.1. The predicted molar refractivity (Wildman–Crippen MR) is 110 cm³/mol. The Morgan fingerprint density at radius 1 is 1.13 bits per heavy atom. The average Bonchev–Trinajstić information content (AvgIpc) is 2.77. The minimum absolute atomic E-state index is 0.0884. The summed E-state index contributed by atoms with van der Waals surface area (Å²) in [4.78, 5) is 12.4. The Morgan fingerprint density at radius 3 is 2.80 bits per heavy atom. The third-order valence-electron chi connectivity index (χ3n) is 4.89. The van der Waals surface area contributed by atoms with Crippen LogP contribution in [0, 0.1) is 22.7 Å². The molecule has 7 nitrogen and oxygen atoms in total. The Bertz CT molecular complexity index is 1250. The zero-order valence-electron chi connectivity index (χ0n) is 15.9. The number of halogens is 1. The lowest BCUT2D eigenvalue weighted by atomic mass is 9.89. The van der Waals surface area contributed by atoms with Crippen LogP contribution in [0.2, 0.25) is 0 Å². The second-order valence-corrected chi connectivity index (χ2v) is 6.75. The highest BCUT2D eigenvalue weighted by Crippen LogP contribution is 2.35. The van der Waals surface area contributed by atoms with Gasteiger partial charge in [-0.3, -0.25) is 4.98 Å². The largest absolute Gasteiger partial charge is 0.382 e. The van der Waals surface area contributed by atoms with E-state index in [2.05, 4.69) is 26.3 Å². The van der Waals surface area contributed by atoms with Gasteiger partial charge < -0.3 is 11.1 Å². The highest BCUT2D eigenvalue weighted by molar-refractivity contribution is 5.81. The summed E-state index contributed by atoms with van der Waals surface area (Å²) in [5.41, 5.74) is 10.3. The quantitative estimate of drug-likeness (QED) is 0.687. The van der Waals surface area contributed by atoms with Gasteiger partial charge in [0.15, 0.2) is 0 Å². The van der Waals surface area contributed by atoms with Gasteiger partial charge in [-0.15, -0.1) is 0 Å². The summed E-state index contributed by atoms with van der Waals surface area (Å²) < 4.78 is 14.1. The van der Waals surface area contributed by atoms with Crippen molar-refractivity contribution in [2.45, 2.75) is 19.4 Å². The number of aromatic nitrogens is 3. The summed E-state index contributed by atoms with van der Waals surface area (Å²) in [5, 5.41) is 21.7. The van der Waals surface area contributed by atoms with E-state index in [0.717, 1.165) is 22.4 Å². The number of nitrogens with zero attached hydrogens (tertiary/aromatic N) is 5. The Labute approximate surface area is 172 Å². The van der Waals surface area contributed by atoms with E-state index in [1.54, 1.807) is 24.4 Å². The molecule has 3 N–H and O–H groups in total. The van der Waals surface area contributed by atoms with Crippen LogP contribution in [0.5, 0.6) is 0 Å². The van der Waals surface area contributed by atoms with E-state index in [0.29, 0.717) is 29.8 Å². The number of nitrogens with one attached hydrogen (secondary N) is 1. The first-order valence-electron chi connectivity index (χ1n) is 9.22. The highest BCUT2D eigenvalue weighted by Gasteiger charge is 2.20. The first-order valence-corrected chi connectivity index (χ1v) is 9.22. The van der Waals surface area contributed by atoms with Crippen molar-refractivity contribution in [2.75, 3.05) is 11.1 Å². The Balaban J connectivity index is 1.81. The van der Waals surface area contributed by atoms with Gasteiger partial charge in [-0.05, 0) is 41.3 Å². The van der Waals surface area contributed by atoms with Crippen LogP contribution in [0.3, 0.4) is 0 Å². The van der Waals surface area contributed by atoms with Gasteiger partial charge in [0.25, 0.3) is 0 Å². The predicted octanol–water partition coefficient (Wildman–Crippen LogP) is 3.73. The lowest BCUT2D eigenvalue weighted by Crippen LogP contribution is -2.10. The monoisotopic (exact) mass is 397 g/mol. The summed E-state index contributed by atoms with van der Waals surface area (Å²) >= 11 is 0. The lowest BCUT2D eigenvalue weighted by molar-refractivity contribution is 0.587. The fourth-order valence-corrected chi connectivity index (χ4v) is 3.47. The fraction of sp³-hybridized carbons (Fsp3) is 0.136. The molecule has 3 aromatic rings. The minimum atomic E-state index is -0.206. The molecule has 0 fully saturated rings. The molecular weight excluding hydrogens is 381 g/mol. The van der Waals surface area contributed by atoms with Gasteiger partial charge >= 0.3 is 0 Å². The molecule has 0 spiro atoms. The van der Waals surface area contributed by atoms with Gasteiger partial charge in [-0.2, -0.15) is 10.5 Å². The van der Waals surface area contributed by atoms with Crippen molar-refractivity contribution in [1.82, 2.24) is 15.0 Å². The number of hydrogen-bond donors (Lipinski definition) is 2. The molecule has 0 aliphatic heterocycles. The first-order chi connectivity index (χ1) is 14.6. The van der Waals surface area contributed by atoms with Crippen LogP contribution in [-0.4, -0.2) is 15.0 Å². The first kappa shape index (κ1) is 19.0. The maximum absolute atomic E-state index is 14.1. The highest BCUT2D eigenvalue weighted by atomic mass is 19.1. The Morgan fingerprint density at radius 2 is 2.00 bits per heavy atom. The topological polar surface area (TPSA) is 124 Å². The van der Waals surface area contributed by atoms with Crippen LogP contribution in [0.1, 0.15) is 34.4 Å². The summed E-state index contributed by atoms with van der Waals surface area (Å²) in [5.74, 6) is 0.189. The van der Waals surface area contributed by atoms with Gasteiger partial charge in [-0.25, -0.2) is 14.4 Å². The summed E-state index contributed by atoms with van der Waals surface area (Å²) in [7, 11) is 0. The molecule has 0 radical (unpaired) electrons. The third kappa shape index (κ3) is 3.54. The molecule has 0 atom stereocenters. The molecule has 0 unspecified atom stereocenters. The van der Waals surface area contributed by atoms with Crippen LogP contribution in [0.4, 0.5) is 16.0 Å². The van der Waals surface area contributed by atoms with Crippen molar-refractivity contribution in [3.05, 3.63) is 70.6 Å². The van der Waals surface area contributed by atoms with E-state index in [-0.39, 0.29) is 23.8 Å². The van der Waals surface area contributed by atoms with Crippen molar-refractivity contribution >= 4 is 17.7 Å². The van der Waals surface area contributed by atoms with Crippen LogP contribution in [0.15, 0.2) is 42.6 Å². The molecule has 0 bridgehead atoms. The van der Waals surface area contributed by atoms with Crippen molar-refractivity contribution < 1.29 is 4.39 Å². The smallest absolute Gasteiger partial charge is 0.149 e. The number of benzene rings is 1. The summed E-state index contributed by atoms with van der Waals surface area (Å²) in [6, 6.07) is 11.3. The molecule has 0 saturated carbocycles. The number of nitriles is 2. The number of hydrogen-bond acceptors (Lipinski definition) is 7. The van der Waals surface area contributed by atoms with Gasteiger partial charge in [-0.1, -0.05) is 12.1 Å². The molecule has 1 aromatic carbocycles. The van der Waals surface area contributed by atoms with Crippen LogP contribution in [-0.2, 0) is 13.0 Å². The van der Waals surface area contributed by atoms with E-state index < -0.39 is 0 Å². The van der Waals surface area contributed by atoms with Crippen LogP contribution >= 0.6 is 0 Å². The van der Waals surface area contributed by atoms with Crippen molar-refractivity contribution in [3.8, 4) is 23.3 Å². The number of nitrogen functional groups attached to an aromatic ring is 1. The maximum Gasteiger partial charge on any atom is 0.149 e. The number of anilines is 2. The van der Waals surface area contributed by atoms with Gasteiger partial charge in [0.1, 0.15) is 35.4 Å². The minimum Gasteiger partial charge on any atom is -0.382 e. The SMILES string of the molecule is N#Cc1cccc(-c2c(CNc3ncnc(N)c3C#N)cnc3c2C=C(F)CC3)c1. The van der Waals surface area contributed by atoms with Gasteiger partial charge in [0.05, 0.1) is 11.6 Å². The normalized spacial score (nSPS) is 12.3. The second-order valence-electron chi connectivity index (χ2n) is 6.75. The van der Waals surface area contributed by atoms with Crippen LogP contribution < -0.4 is 11.1 Å². The molecule has 30 heavy (non-hydrogen) atoms.